The maximum atomic E-state index is 12.9. The minimum Gasteiger partial charge on any atom is -0.435 e. The van der Waals surface area contributed by atoms with E-state index in [9.17, 15) is 22.4 Å². The number of anilines is 1. The van der Waals surface area contributed by atoms with Gasteiger partial charge in [0.05, 0.1) is 6.54 Å². The van der Waals surface area contributed by atoms with Crippen LogP contribution in [0.25, 0.3) is 0 Å². The van der Waals surface area contributed by atoms with E-state index in [1.165, 1.54) is 36.4 Å². The molecule has 3 rings (SSSR count). The highest BCUT2D eigenvalue weighted by Crippen LogP contribution is 2.24. The third kappa shape index (κ3) is 7.51. The fourth-order valence-corrected chi connectivity index (χ4v) is 3.28. The normalized spacial score (nSPS) is 13.8. The van der Waals surface area contributed by atoms with Gasteiger partial charge in [-0.05, 0) is 61.4 Å². The molecule has 0 unspecified atom stereocenters. The molecule has 1 aliphatic heterocycles. The molecule has 32 heavy (non-hydrogen) atoms. The van der Waals surface area contributed by atoms with E-state index >= 15 is 0 Å². The van der Waals surface area contributed by atoms with E-state index in [-0.39, 0.29) is 40.8 Å². The van der Waals surface area contributed by atoms with Crippen LogP contribution in [-0.4, -0.2) is 37.9 Å². The molecule has 1 aliphatic rings. The first-order valence-electron chi connectivity index (χ1n) is 9.86. The topological polar surface area (TPSA) is 51.1 Å². The zero-order valence-corrected chi connectivity index (χ0v) is 18.8. The number of carbonyl (C=O) groups is 1. The fourth-order valence-electron chi connectivity index (χ4n) is 3.28. The molecule has 1 heterocycles. The Kier molecular flexibility index (Phi) is 9.96. The monoisotopic (exact) mass is 518 g/mol. The number of benzene rings is 2. The molecule has 2 aromatic rings. The van der Waals surface area contributed by atoms with Crippen LogP contribution in [0, 0.1) is 0 Å². The Morgan fingerprint density at radius 1 is 0.875 bits per heavy atom. The average Bonchev–Trinajstić information content (AvgIpc) is 3.02. The van der Waals surface area contributed by atoms with Crippen LogP contribution in [0.1, 0.15) is 36.0 Å². The Hall–Kier alpha value is -2.62. The number of nitrogens with zero attached hydrogens (tertiary/aromatic N) is 2. The molecule has 0 spiro atoms. The third-order valence-electron chi connectivity index (χ3n) is 4.74. The van der Waals surface area contributed by atoms with Gasteiger partial charge in [0.25, 0.3) is 0 Å². The van der Waals surface area contributed by atoms with E-state index in [1.807, 2.05) is 0 Å². The summed E-state index contributed by atoms with van der Waals surface area (Å²) in [4.78, 5) is 19.2. The summed E-state index contributed by atoms with van der Waals surface area (Å²) in [6.07, 6.45) is 3.60. The van der Waals surface area contributed by atoms with Crippen molar-refractivity contribution in [2.75, 3.05) is 18.0 Å². The first-order chi connectivity index (χ1) is 14.9. The molecule has 174 valence electrons. The van der Waals surface area contributed by atoms with E-state index in [2.05, 4.69) is 14.5 Å². The van der Waals surface area contributed by atoms with Gasteiger partial charge in [0, 0.05) is 24.2 Å². The van der Waals surface area contributed by atoms with Crippen LogP contribution >= 0.6 is 17.0 Å². The van der Waals surface area contributed by atoms with Crippen LogP contribution in [0.15, 0.2) is 53.5 Å². The van der Waals surface area contributed by atoms with Gasteiger partial charge in [-0.15, -0.1) is 17.0 Å². The molecule has 10 heteroatoms. The van der Waals surface area contributed by atoms with E-state index in [0.29, 0.717) is 24.2 Å². The number of alkyl halides is 4. The molecule has 0 atom stereocenters. The van der Waals surface area contributed by atoms with Crippen molar-refractivity contribution >= 4 is 34.3 Å². The summed E-state index contributed by atoms with van der Waals surface area (Å²) in [6, 6.07) is 11.5. The molecule has 0 bridgehead atoms. The van der Waals surface area contributed by atoms with Gasteiger partial charge in [-0.1, -0.05) is 6.42 Å². The summed E-state index contributed by atoms with van der Waals surface area (Å²) >= 11 is 0. The first-order valence-corrected chi connectivity index (χ1v) is 9.86. The van der Waals surface area contributed by atoms with Crippen molar-refractivity contribution in [3.8, 4) is 11.5 Å². The maximum Gasteiger partial charge on any atom is 0.387 e. The summed E-state index contributed by atoms with van der Waals surface area (Å²) in [5.74, 6) is 0.475. The molecule has 0 radical (unpaired) electrons. The predicted octanol–water partition coefficient (Wildman–Crippen LogP) is 6.13. The SMILES string of the molecule is Br.O=C(CN(C1=NCCCCC1)c1ccc(OC(F)F)cc1)c1ccc(OC(F)F)cc1. The number of rotatable bonds is 8. The number of ether oxygens (including phenoxy) is 2. The Morgan fingerprint density at radius 3 is 2.00 bits per heavy atom. The van der Waals surface area contributed by atoms with Gasteiger partial charge >= 0.3 is 13.2 Å². The molecular weight excluding hydrogens is 496 g/mol. The second-order valence-corrected chi connectivity index (χ2v) is 6.89. The molecule has 0 N–H and O–H groups in total. The van der Waals surface area contributed by atoms with Crippen molar-refractivity contribution in [3.05, 3.63) is 54.1 Å². The van der Waals surface area contributed by atoms with Gasteiger partial charge in [0.1, 0.15) is 17.3 Å². The number of Topliss-reactive ketones (excluding diaryl/α,β-unsaturated/α-hetero) is 1. The number of hydrogen-bond donors (Lipinski definition) is 0. The highest BCUT2D eigenvalue weighted by molar-refractivity contribution is 8.93. The van der Waals surface area contributed by atoms with E-state index < -0.39 is 13.2 Å². The van der Waals surface area contributed by atoms with Crippen LogP contribution in [0.5, 0.6) is 11.5 Å². The van der Waals surface area contributed by atoms with Crippen molar-refractivity contribution < 1.29 is 31.8 Å². The van der Waals surface area contributed by atoms with Gasteiger partial charge in [0.15, 0.2) is 5.78 Å². The van der Waals surface area contributed by atoms with Gasteiger partial charge in [0.2, 0.25) is 0 Å². The summed E-state index contributed by atoms with van der Waals surface area (Å²) < 4.78 is 58.2. The van der Waals surface area contributed by atoms with Crippen molar-refractivity contribution in [1.29, 1.82) is 0 Å². The van der Waals surface area contributed by atoms with Gasteiger partial charge in [-0.2, -0.15) is 17.6 Å². The van der Waals surface area contributed by atoms with Crippen LogP contribution in [-0.2, 0) is 0 Å². The summed E-state index contributed by atoms with van der Waals surface area (Å²) in [7, 11) is 0. The Labute approximate surface area is 193 Å². The maximum absolute atomic E-state index is 12.9. The molecule has 0 fully saturated rings. The standard InChI is InChI=1S/C22H22F4N2O3.BrH/c23-21(24)30-17-9-5-15(6-10-17)19(29)14-28(20-4-2-1-3-13-27-20)16-7-11-18(12-8-16)31-22(25)26;/h5-12,21-22H,1-4,13-14H2;1H. The van der Waals surface area contributed by atoms with E-state index in [0.717, 1.165) is 25.1 Å². The lowest BCUT2D eigenvalue weighted by Gasteiger charge is -2.26. The largest absolute Gasteiger partial charge is 0.435 e. The molecule has 2 aromatic carbocycles. The van der Waals surface area contributed by atoms with Crippen molar-refractivity contribution in [1.82, 2.24) is 0 Å². The summed E-state index contributed by atoms with van der Waals surface area (Å²) in [6.45, 7) is -5.26. The van der Waals surface area contributed by atoms with Crippen LogP contribution in [0.3, 0.4) is 0 Å². The van der Waals surface area contributed by atoms with Gasteiger partial charge < -0.3 is 14.4 Å². The zero-order valence-electron chi connectivity index (χ0n) is 17.1. The molecule has 0 aliphatic carbocycles. The second-order valence-electron chi connectivity index (χ2n) is 6.89. The number of halogens is 5. The Balaban J connectivity index is 0.00000363. The number of amidine groups is 1. The predicted molar refractivity (Wildman–Crippen MR) is 119 cm³/mol. The number of aliphatic imine (C=N–C) groups is 1. The highest BCUT2D eigenvalue weighted by atomic mass is 79.9. The van der Waals surface area contributed by atoms with Crippen molar-refractivity contribution in [2.45, 2.75) is 38.9 Å². The lowest BCUT2D eigenvalue weighted by atomic mass is 10.1. The number of ketones is 1. The van der Waals surface area contributed by atoms with Crippen LogP contribution in [0.2, 0.25) is 0 Å². The smallest absolute Gasteiger partial charge is 0.387 e. The molecule has 0 saturated heterocycles. The quantitative estimate of drug-likeness (QED) is 0.311. The lowest BCUT2D eigenvalue weighted by molar-refractivity contribution is -0.0505. The molecule has 0 saturated carbocycles. The van der Waals surface area contributed by atoms with Gasteiger partial charge in [-0.25, -0.2) is 0 Å². The first kappa shape index (κ1) is 25.6. The third-order valence-corrected chi connectivity index (χ3v) is 4.74. The summed E-state index contributed by atoms with van der Waals surface area (Å²) in [5, 5.41) is 0. The minimum atomic E-state index is -2.94. The molecule has 5 nitrogen and oxygen atoms in total. The van der Waals surface area contributed by atoms with Crippen LogP contribution < -0.4 is 14.4 Å². The molecule has 0 amide bonds. The molecular formula is C22H23BrF4N2O3. The van der Waals surface area contributed by atoms with Crippen molar-refractivity contribution in [3.63, 3.8) is 0 Å². The molecule has 0 aromatic heterocycles. The highest BCUT2D eigenvalue weighted by Gasteiger charge is 2.20. The number of hydrogen-bond acceptors (Lipinski definition) is 5. The number of carbonyl (C=O) groups excluding carboxylic acids is 1. The van der Waals surface area contributed by atoms with E-state index in [1.54, 1.807) is 17.0 Å². The van der Waals surface area contributed by atoms with Gasteiger partial charge in [-0.3, -0.25) is 9.79 Å². The van der Waals surface area contributed by atoms with Crippen molar-refractivity contribution in [2.24, 2.45) is 4.99 Å². The average molecular weight is 519 g/mol. The lowest BCUT2D eigenvalue weighted by Crippen LogP contribution is -2.36. The fraction of sp³-hybridized carbons (Fsp3) is 0.364. The zero-order chi connectivity index (χ0) is 22.2. The summed E-state index contributed by atoms with van der Waals surface area (Å²) in [5.41, 5.74) is 0.951. The second kappa shape index (κ2) is 12.4. The van der Waals surface area contributed by atoms with E-state index in [4.69, 9.17) is 0 Å². The minimum absolute atomic E-state index is 0. The Morgan fingerprint density at radius 2 is 1.44 bits per heavy atom. The Bertz CT molecular complexity index is 893. The van der Waals surface area contributed by atoms with Crippen LogP contribution in [0.4, 0.5) is 23.2 Å².